The Balaban J connectivity index is 2.64. The van der Waals surface area contributed by atoms with Crippen molar-refractivity contribution < 1.29 is 19.1 Å². The fourth-order valence-electron chi connectivity index (χ4n) is 1.32. The van der Waals surface area contributed by atoms with Crippen LogP contribution in [0.4, 0.5) is 10.5 Å². The Morgan fingerprint density at radius 2 is 2.05 bits per heavy atom. The van der Waals surface area contributed by atoms with Gasteiger partial charge in [-0.1, -0.05) is 0 Å². The predicted molar refractivity (Wildman–Crippen MR) is 68.4 cm³/mol. The number of nitrogens with one attached hydrogen (secondary N) is 1. The molecular formula is C11H14N4O5. The number of urea groups is 1. The minimum atomic E-state index is -1.22. The third-order valence-corrected chi connectivity index (χ3v) is 2.23. The smallest absolute Gasteiger partial charge is 0.326 e. The van der Waals surface area contributed by atoms with Gasteiger partial charge < -0.3 is 20.8 Å². The number of nitrogens with two attached hydrogens (primary N) is 2. The largest absolute Gasteiger partial charge is 0.451 e. The van der Waals surface area contributed by atoms with Crippen molar-refractivity contribution in [1.82, 2.24) is 9.88 Å². The number of nitrogen functional groups attached to an aromatic ring is 1. The minimum Gasteiger partial charge on any atom is -0.451 e. The summed E-state index contributed by atoms with van der Waals surface area (Å²) in [5.41, 5.74) is 10.1. The van der Waals surface area contributed by atoms with Crippen LogP contribution in [0.2, 0.25) is 0 Å². The number of carbonyl (C=O) groups is 3. The van der Waals surface area contributed by atoms with Gasteiger partial charge in [0.2, 0.25) is 0 Å². The second-order valence-corrected chi connectivity index (χ2v) is 3.91. The average molecular weight is 282 g/mol. The molecule has 0 radical (unpaired) electrons. The summed E-state index contributed by atoms with van der Waals surface area (Å²) < 4.78 is 5.79. The molecule has 3 amide bonds. The molecule has 0 aliphatic carbocycles. The second kappa shape index (κ2) is 6.36. The standard InChI is InChI=1S/C11H14N4O5/c1-6(10(18)14-11(13)19)20-9(17)5-15-4-7(12)2-3-8(15)16/h2-4,6H,5,12H2,1H3,(H3,13,14,18,19). The molecule has 108 valence electrons. The van der Waals surface area contributed by atoms with Crippen molar-refractivity contribution in [1.29, 1.82) is 0 Å². The molecule has 1 aromatic rings. The zero-order valence-electron chi connectivity index (χ0n) is 10.7. The lowest BCUT2D eigenvalue weighted by atomic mass is 10.4. The van der Waals surface area contributed by atoms with Crippen LogP contribution in [-0.2, 0) is 20.9 Å². The number of esters is 1. The number of primary amides is 1. The van der Waals surface area contributed by atoms with Gasteiger partial charge in [0.05, 0.1) is 0 Å². The molecule has 0 bridgehead atoms. The lowest BCUT2D eigenvalue weighted by Gasteiger charge is -2.12. The molecule has 0 saturated heterocycles. The van der Waals surface area contributed by atoms with Crippen LogP contribution in [0.1, 0.15) is 6.92 Å². The van der Waals surface area contributed by atoms with Crippen LogP contribution < -0.4 is 22.3 Å². The first kappa shape index (κ1) is 15.2. The molecule has 0 saturated carbocycles. The number of pyridine rings is 1. The molecule has 5 N–H and O–H groups in total. The number of imide groups is 1. The van der Waals surface area contributed by atoms with Crippen LogP contribution >= 0.6 is 0 Å². The number of amides is 3. The normalized spacial score (nSPS) is 11.4. The van der Waals surface area contributed by atoms with Gasteiger partial charge in [0, 0.05) is 18.0 Å². The van der Waals surface area contributed by atoms with Gasteiger partial charge in [0.25, 0.3) is 11.5 Å². The number of hydrogen-bond donors (Lipinski definition) is 3. The molecule has 0 spiro atoms. The van der Waals surface area contributed by atoms with Gasteiger partial charge in [-0.2, -0.15) is 0 Å². The van der Waals surface area contributed by atoms with Crippen LogP contribution in [0.5, 0.6) is 0 Å². The maximum absolute atomic E-state index is 11.6. The van der Waals surface area contributed by atoms with E-state index in [1.54, 1.807) is 5.32 Å². The van der Waals surface area contributed by atoms with Crippen molar-refractivity contribution in [2.24, 2.45) is 5.73 Å². The summed E-state index contributed by atoms with van der Waals surface area (Å²) in [7, 11) is 0. The van der Waals surface area contributed by atoms with Crippen LogP contribution in [0.3, 0.4) is 0 Å². The van der Waals surface area contributed by atoms with E-state index < -0.39 is 36.1 Å². The van der Waals surface area contributed by atoms with Crippen molar-refractivity contribution in [2.45, 2.75) is 19.6 Å². The number of anilines is 1. The van der Waals surface area contributed by atoms with E-state index in [1.165, 1.54) is 25.3 Å². The van der Waals surface area contributed by atoms with E-state index in [2.05, 4.69) is 0 Å². The van der Waals surface area contributed by atoms with Gasteiger partial charge in [-0.05, 0) is 13.0 Å². The Labute approximate surface area is 113 Å². The van der Waals surface area contributed by atoms with Gasteiger partial charge in [-0.15, -0.1) is 0 Å². The molecule has 0 fully saturated rings. The molecule has 20 heavy (non-hydrogen) atoms. The molecule has 9 nitrogen and oxygen atoms in total. The van der Waals surface area contributed by atoms with Crippen LogP contribution in [0.25, 0.3) is 0 Å². The van der Waals surface area contributed by atoms with E-state index in [4.69, 9.17) is 16.2 Å². The first-order valence-corrected chi connectivity index (χ1v) is 5.55. The highest BCUT2D eigenvalue weighted by Gasteiger charge is 2.19. The molecule has 0 aromatic carbocycles. The Hall–Kier alpha value is -2.84. The lowest BCUT2D eigenvalue weighted by Crippen LogP contribution is -2.42. The Morgan fingerprint density at radius 3 is 2.65 bits per heavy atom. The summed E-state index contributed by atoms with van der Waals surface area (Å²) in [6, 6.07) is 1.55. The second-order valence-electron chi connectivity index (χ2n) is 3.91. The van der Waals surface area contributed by atoms with Crippen molar-refractivity contribution >= 4 is 23.6 Å². The lowest BCUT2D eigenvalue weighted by molar-refractivity contribution is -0.155. The average Bonchev–Trinajstić information content (AvgIpc) is 2.32. The Morgan fingerprint density at radius 1 is 1.40 bits per heavy atom. The summed E-state index contributed by atoms with van der Waals surface area (Å²) >= 11 is 0. The van der Waals surface area contributed by atoms with Crippen LogP contribution in [-0.4, -0.2) is 28.6 Å². The van der Waals surface area contributed by atoms with Gasteiger partial charge in [-0.3, -0.25) is 19.7 Å². The molecule has 1 aromatic heterocycles. The molecule has 1 unspecified atom stereocenters. The first-order chi connectivity index (χ1) is 9.29. The highest BCUT2D eigenvalue weighted by Crippen LogP contribution is 1.98. The number of rotatable bonds is 4. The number of nitrogens with zero attached hydrogens (tertiary/aromatic N) is 1. The summed E-state index contributed by atoms with van der Waals surface area (Å²) in [4.78, 5) is 44.7. The predicted octanol–water partition coefficient (Wildman–Crippen LogP) is -1.44. The third-order valence-electron chi connectivity index (χ3n) is 2.23. The van der Waals surface area contributed by atoms with Crippen LogP contribution in [0.15, 0.2) is 23.1 Å². The van der Waals surface area contributed by atoms with E-state index in [-0.39, 0.29) is 0 Å². The maximum atomic E-state index is 11.6. The van der Waals surface area contributed by atoms with Crippen molar-refractivity contribution in [3.63, 3.8) is 0 Å². The molecule has 1 heterocycles. The number of carbonyl (C=O) groups excluding carboxylic acids is 3. The van der Waals surface area contributed by atoms with E-state index in [0.29, 0.717) is 5.69 Å². The molecular weight excluding hydrogens is 268 g/mol. The summed E-state index contributed by atoms with van der Waals surface area (Å²) in [5.74, 6) is -1.68. The van der Waals surface area contributed by atoms with Crippen molar-refractivity contribution in [3.05, 3.63) is 28.7 Å². The monoisotopic (exact) mass is 282 g/mol. The van der Waals surface area contributed by atoms with Crippen molar-refractivity contribution in [2.75, 3.05) is 5.73 Å². The number of ether oxygens (including phenoxy) is 1. The maximum Gasteiger partial charge on any atom is 0.326 e. The highest BCUT2D eigenvalue weighted by atomic mass is 16.5. The van der Waals surface area contributed by atoms with E-state index in [9.17, 15) is 19.2 Å². The highest BCUT2D eigenvalue weighted by molar-refractivity contribution is 5.96. The molecule has 9 heteroatoms. The van der Waals surface area contributed by atoms with Crippen molar-refractivity contribution in [3.8, 4) is 0 Å². The molecule has 1 atom stereocenters. The Bertz CT molecular complexity index is 595. The van der Waals surface area contributed by atoms with E-state index in [0.717, 1.165) is 4.57 Å². The summed E-state index contributed by atoms with van der Waals surface area (Å²) in [6.45, 7) is 0.858. The topological polar surface area (TPSA) is 147 Å². The fraction of sp³-hybridized carbons (Fsp3) is 0.273. The SMILES string of the molecule is CC(OC(=O)Cn1cc(N)ccc1=O)C(=O)NC(N)=O. The quantitative estimate of drug-likeness (QED) is 0.576. The zero-order valence-corrected chi connectivity index (χ0v) is 10.7. The fourth-order valence-corrected chi connectivity index (χ4v) is 1.32. The number of aromatic nitrogens is 1. The van der Waals surface area contributed by atoms with E-state index >= 15 is 0 Å². The Kier molecular flexibility index (Phi) is 4.84. The molecule has 1 rings (SSSR count). The van der Waals surface area contributed by atoms with Gasteiger partial charge >= 0.3 is 12.0 Å². The first-order valence-electron chi connectivity index (χ1n) is 5.55. The summed E-state index contributed by atoms with van der Waals surface area (Å²) in [5, 5.41) is 1.77. The van der Waals surface area contributed by atoms with Gasteiger partial charge in [0.1, 0.15) is 6.54 Å². The van der Waals surface area contributed by atoms with Gasteiger partial charge in [-0.25, -0.2) is 4.79 Å². The minimum absolute atomic E-state index is 0.303. The van der Waals surface area contributed by atoms with Crippen LogP contribution in [0, 0.1) is 0 Å². The zero-order chi connectivity index (χ0) is 15.3. The summed E-state index contributed by atoms with van der Waals surface area (Å²) in [6.07, 6.45) is 0.0596. The van der Waals surface area contributed by atoms with Gasteiger partial charge in [0.15, 0.2) is 6.10 Å². The number of hydrogen-bond acceptors (Lipinski definition) is 6. The van der Waals surface area contributed by atoms with E-state index in [1.807, 2.05) is 0 Å². The molecule has 0 aliphatic rings. The molecule has 0 aliphatic heterocycles. The third kappa shape index (κ3) is 4.44.